The number of aromatic nitrogens is 3. The van der Waals surface area contributed by atoms with Gasteiger partial charge in [-0.05, 0) is 19.4 Å². The summed E-state index contributed by atoms with van der Waals surface area (Å²) < 4.78 is 29.3. The van der Waals surface area contributed by atoms with Crippen LogP contribution in [0.4, 0.5) is 11.4 Å². The summed E-state index contributed by atoms with van der Waals surface area (Å²) in [5, 5.41) is 7.25. The summed E-state index contributed by atoms with van der Waals surface area (Å²) in [6.45, 7) is 4.45. The fraction of sp³-hybridized carbons (Fsp3) is 0.385. The molecular weight excluding hydrogens is 290 g/mol. The molecule has 2 rings (SSSR count). The van der Waals surface area contributed by atoms with Crippen molar-refractivity contribution in [2.75, 3.05) is 16.6 Å². The molecule has 0 radical (unpaired) electrons. The van der Waals surface area contributed by atoms with E-state index in [1.54, 1.807) is 30.2 Å². The molecule has 2 aromatic heterocycles. The summed E-state index contributed by atoms with van der Waals surface area (Å²) in [4.78, 5) is 4.03. The maximum absolute atomic E-state index is 12.5. The lowest BCUT2D eigenvalue weighted by atomic mass is 10.3. The molecule has 0 amide bonds. The minimum Gasteiger partial charge on any atom is -0.384 e. The first-order valence-electron chi connectivity index (χ1n) is 6.71. The molecule has 2 heterocycles. The van der Waals surface area contributed by atoms with Crippen molar-refractivity contribution in [3.8, 4) is 0 Å². The number of rotatable bonds is 6. The van der Waals surface area contributed by atoms with Gasteiger partial charge in [0.05, 0.1) is 17.1 Å². The van der Waals surface area contributed by atoms with Crippen molar-refractivity contribution in [2.45, 2.75) is 25.2 Å². The van der Waals surface area contributed by atoms with E-state index in [0.29, 0.717) is 30.0 Å². The largest absolute Gasteiger partial charge is 0.384 e. The second-order valence-electron chi connectivity index (χ2n) is 4.52. The van der Waals surface area contributed by atoms with Crippen LogP contribution in [-0.4, -0.2) is 29.7 Å². The predicted molar refractivity (Wildman–Crippen MR) is 81.8 cm³/mol. The third-order valence-corrected chi connectivity index (χ3v) is 4.32. The van der Waals surface area contributed by atoms with Crippen molar-refractivity contribution in [2.24, 2.45) is 7.05 Å². The van der Waals surface area contributed by atoms with Gasteiger partial charge in [0, 0.05) is 32.2 Å². The van der Waals surface area contributed by atoms with Gasteiger partial charge in [0.25, 0.3) is 10.0 Å². The third-order valence-electron chi connectivity index (χ3n) is 2.93. The molecule has 0 unspecified atom stereocenters. The molecule has 21 heavy (non-hydrogen) atoms. The van der Waals surface area contributed by atoms with E-state index < -0.39 is 10.0 Å². The summed E-state index contributed by atoms with van der Waals surface area (Å²) in [6, 6.07) is 1.64. The van der Waals surface area contributed by atoms with Crippen molar-refractivity contribution < 1.29 is 8.42 Å². The zero-order valence-electron chi connectivity index (χ0n) is 12.3. The van der Waals surface area contributed by atoms with Gasteiger partial charge in [-0.15, -0.1) is 0 Å². The second kappa shape index (κ2) is 6.13. The first-order valence-corrected chi connectivity index (χ1v) is 8.19. The van der Waals surface area contributed by atoms with E-state index in [1.165, 1.54) is 6.20 Å². The molecule has 114 valence electrons. The highest BCUT2D eigenvalue weighted by Crippen LogP contribution is 2.24. The zero-order chi connectivity index (χ0) is 15.5. The average Bonchev–Trinajstić information content (AvgIpc) is 2.79. The maximum Gasteiger partial charge on any atom is 0.265 e. The molecule has 0 aromatic carbocycles. The Labute approximate surface area is 124 Å². The van der Waals surface area contributed by atoms with E-state index >= 15 is 0 Å². The van der Waals surface area contributed by atoms with Crippen LogP contribution in [0.5, 0.6) is 0 Å². The first-order chi connectivity index (χ1) is 9.97. The van der Waals surface area contributed by atoms with Gasteiger partial charge in [-0.2, -0.15) is 5.10 Å². The van der Waals surface area contributed by atoms with Gasteiger partial charge in [-0.25, -0.2) is 8.42 Å². The Morgan fingerprint density at radius 2 is 2.05 bits per heavy atom. The van der Waals surface area contributed by atoms with E-state index in [1.807, 2.05) is 13.8 Å². The van der Waals surface area contributed by atoms with Crippen LogP contribution in [0, 0.1) is 0 Å². The molecule has 0 spiro atoms. The van der Waals surface area contributed by atoms with Gasteiger partial charge in [-0.1, -0.05) is 6.92 Å². The Morgan fingerprint density at radius 3 is 2.71 bits per heavy atom. The number of pyridine rings is 1. The SMILES string of the molecule is CCNc1ccncc1S(=O)(=O)Nc1cn(C)nc1CC. The Morgan fingerprint density at radius 1 is 1.29 bits per heavy atom. The highest BCUT2D eigenvalue weighted by atomic mass is 32.2. The molecule has 0 atom stereocenters. The number of nitrogens with one attached hydrogen (secondary N) is 2. The lowest BCUT2D eigenvalue weighted by Gasteiger charge is -2.12. The average molecular weight is 309 g/mol. The van der Waals surface area contributed by atoms with Crippen molar-refractivity contribution in [1.82, 2.24) is 14.8 Å². The van der Waals surface area contributed by atoms with Crippen LogP contribution in [0.2, 0.25) is 0 Å². The lowest BCUT2D eigenvalue weighted by molar-refractivity contribution is 0.601. The molecule has 7 nitrogen and oxygen atoms in total. The fourth-order valence-corrected chi connectivity index (χ4v) is 3.21. The molecule has 0 saturated heterocycles. The first kappa shape index (κ1) is 15.3. The van der Waals surface area contributed by atoms with Crippen molar-refractivity contribution in [3.63, 3.8) is 0 Å². The van der Waals surface area contributed by atoms with E-state index in [-0.39, 0.29) is 4.90 Å². The maximum atomic E-state index is 12.5. The molecule has 0 fully saturated rings. The van der Waals surface area contributed by atoms with Gasteiger partial charge in [0.2, 0.25) is 0 Å². The van der Waals surface area contributed by atoms with E-state index in [9.17, 15) is 8.42 Å². The normalized spacial score (nSPS) is 11.4. The molecule has 2 aromatic rings. The summed E-state index contributed by atoms with van der Waals surface area (Å²) in [5.41, 5.74) is 1.73. The summed E-state index contributed by atoms with van der Waals surface area (Å²) >= 11 is 0. The van der Waals surface area contributed by atoms with E-state index in [2.05, 4.69) is 20.1 Å². The fourth-order valence-electron chi connectivity index (χ4n) is 2.01. The molecule has 2 N–H and O–H groups in total. The summed E-state index contributed by atoms with van der Waals surface area (Å²) in [5.74, 6) is 0. The molecule has 0 aliphatic heterocycles. The third kappa shape index (κ3) is 3.33. The molecular formula is C13H19N5O2S. The molecule has 8 heteroatoms. The van der Waals surface area contributed by atoms with E-state index in [0.717, 1.165) is 0 Å². The van der Waals surface area contributed by atoms with Crippen LogP contribution < -0.4 is 10.0 Å². The van der Waals surface area contributed by atoms with Crippen molar-refractivity contribution in [1.29, 1.82) is 0 Å². The molecule has 0 bridgehead atoms. The Bertz CT molecular complexity index is 724. The Kier molecular flexibility index (Phi) is 4.46. The highest BCUT2D eigenvalue weighted by molar-refractivity contribution is 7.92. The number of hydrogen-bond acceptors (Lipinski definition) is 5. The number of sulfonamides is 1. The van der Waals surface area contributed by atoms with Crippen LogP contribution in [0.15, 0.2) is 29.6 Å². The molecule has 0 saturated carbocycles. The highest BCUT2D eigenvalue weighted by Gasteiger charge is 2.21. The van der Waals surface area contributed by atoms with Crippen LogP contribution in [-0.2, 0) is 23.5 Å². The van der Waals surface area contributed by atoms with Crippen LogP contribution in [0.3, 0.4) is 0 Å². The number of aryl methyl sites for hydroxylation is 2. The van der Waals surface area contributed by atoms with Crippen molar-refractivity contribution >= 4 is 21.4 Å². The smallest absolute Gasteiger partial charge is 0.265 e. The number of anilines is 2. The van der Waals surface area contributed by atoms with Crippen molar-refractivity contribution in [3.05, 3.63) is 30.4 Å². The van der Waals surface area contributed by atoms with Crippen LogP contribution in [0.1, 0.15) is 19.5 Å². The quantitative estimate of drug-likeness (QED) is 0.846. The van der Waals surface area contributed by atoms with E-state index in [4.69, 9.17) is 0 Å². The molecule has 0 aliphatic rings. The number of hydrogen-bond donors (Lipinski definition) is 2. The lowest BCUT2D eigenvalue weighted by Crippen LogP contribution is -2.16. The minimum absolute atomic E-state index is 0.123. The Hall–Kier alpha value is -2.09. The van der Waals surface area contributed by atoms with Gasteiger partial charge >= 0.3 is 0 Å². The van der Waals surface area contributed by atoms with Gasteiger partial charge < -0.3 is 5.32 Å². The minimum atomic E-state index is -3.71. The Balaban J connectivity index is 2.38. The van der Waals surface area contributed by atoms with Gasteiger partial charge in [0.15, 0.2) is 0 Å². The van der Waals surface area contributed by atoms with Gasteiger partial charge in [0.1, 0.15) is 4.90 Å². The second-order valence-corrected chi connectivity index (χ2v) is 6.18. The zero-order valence-corrected chi connectivity index (χ0v) is 13.1. The van der Waals surface area contributed by atoms with Crippen LogP contribution >= 0.6 is 0 Å². The predicted octanol–water partition coefficient (Wildman–Crippen LogP) is 1.61. The topological polar surface area (TPSA) is 88.9 Å². The monoisotopic (exact) mass is 309 g/mol. The van der Waals surface area contributed by atoms with Crippen LogP contribution in [0.25, 0.3) is 0 Å². The van der Waals surface area contributed by atoms with Gasteiger partial charge in [-0.3, -0.25) is 14.4 Å². The summed E-state index contributed by atoms with van der Waals surface area (Å²) in [6.07, 6.45) is 5.19. The number of nitrogens with zero attached hydrogens (tertiary/aromatic N) is 3. The standard InChI is InChI=1S/C13H19N5O2S/c1-4-10-12(9-18(3)16-10)17-21(19,20)13-8-14-7-6-11(13)15-5-2/h6-9,17H,4-5H2,1-3H3,(H,14,15). The summed E-state index contributed by atoms with van der Waals surface area (Å²) in [7, 11) is -1.96. The molecule has 0 aliphatic carbocycles.